The maximum atomic E-state index is 5.80. The van der Waals surface area contributed by atoms with Crippen LogP contribution in [0.15, 0.2) is 4.99 Å². The van der Waals surface area contributed by atoms with Gasteiger partial charge in [-0.15, -0.1) is 24.0 Å². The van der Waals surface area contributed by atoms with Gasteiger partial charge in [-0.3, -0.25) is 4.99 Å². The van der Waals surface area contributed by atoms with E-state index >= 15 is 0 Å². The van der Waals surface area contributed by atoms with Crippen LogP contribution in [0, 0.1) is 0 Å². The maximum Gasteiger partial charge on any atom is 0.190 e. The van der Waals surface area contributed by atoms with Gasteiger partial charge in [-0.05, 0) is 25.7 Å². The van der Waals surface area contributed by atoms with Crippen LogP contribution in [0.25, 0.3) is 0 Å². The Labute approximate surface area is 128 Å². The molecule has 0 aromatic carbocycles. The number of halogens is 1. The van der Waals surface area contributed by atoms with E-state index in [0.29, 0.717) is 6.10 Å². The number of hydrogen-bond donors (Lipinski definition) is 2. The Balaban J connectivity index is 0.00000289. The van der Waals surface area contributed by atoms with E-state index in [2.05, 4.69) is 22.5 Å². The van der Waals surface area contributed by atoms with E-state index in [9.17, 15) is 0 Å². The molecule has 108 valence electrons. The first-order chi connectivity index (χ1) is 8.36. The molecule has 5 heteroatoms. The lowest BCUT2D eigenvalue weighted by Gasteiger charge is -2.13. The fraction of sp³-hybridized carbons (Fsp3) is 0.923. The van der Waals surface area contributed by atoms with E-state index in [1.807, 2.05) is 0 Å². The molecule has 0 saturated heterocycles. The molecule has 1 aliphatic carbocycles. The summed E-state index contributed by atoms with van der Waals surface area (Å²) in [5, 5.41) is 6.54. The third-order valence-corrected chi connectivity index (χ3v) is 3.04. The second-order valence-corrected chi connectivity index (χ2v) is 4.56. The first kappa shape index (κ1) is 18.0. The second kappa shape index (κ2) is 12.0. The first-order valence-electron chi connectivity index (χ1n) is 6.93. The summed E-state index contributed by atoms with van der Waals surface area (Å²) in [6, 6.07) is 0. The van der Waals surface area contributed by atoms with Crippen LogP contribution in [0.5, 0.6) is 0 Å². The molecule has 18 heavy (non-hydrogen) atoms. The van der Waals surface area contributed by atoms with Crippen LogP contribution in [0.2, 0.25) is 0 Å². The van der Waals surface area contributed by atoms with E-state index in [0.717, 1.165) is 38.5 Å². The molecule has 0 spiro atoms. The Morgan fingerprint density at radius 1 is 1.22 bits per heavy atom. The fourth-order valence-corrected chi connectivity index (χ4v) is 2.05. The minimum atomic E-state index is 0. The minimum Gasteiger partial charge on any atom is -0.378 e. The van der Waals surface area contributed by atoms with Crippen molar-refractivity contribution in [2.45, 2.75) is 51.6 Å². The highest BCUT2D eigenvalue weighted by molar-refractivity contribution is 14.0. The van der Waals surface area contributed by atoms with Crippen LogP contribution in [0.1, 0.15) is 45.4 Å². The quantitative estimate of drug-likeness (QED) is 0.314. The maximum absolute atomic E-state index is 5.80. The fourth-order valence-electron chi connectivity index (χ4n) is 2.05. The van der Waals surface area contributed by atoms with Crippen LogP contribution in [0.3, 0.4) is 0 Å². The molecule has 2 N–H and O–H groups in total. The summed E-state index contributed by atoms with van der Waals surface area (Å²) < 4.78 is 5.80. The summed E-state index contributed by atoms with van der Waals surface area (Å²) in [4.78, 5) is 4.15. The summed E-state index contributed by atoms with van der Waals surface area (Å²) in [5.41, 5.74) is 0. The van der Waals surface area contributed by atoms with Crippen LogP contribution in [0.4, 0.5) is 0 Å². The Hall–Kier alpha value is -0.0400. The predicted octanol–water partition coefficient (Wildman–Crippen LogP) is 2.53. The molecule has 1 fully saturated rings. The van der Waals surface area contributed by atoms with Crippen molar-refractivity contribution in [3.05, 3.63) is 0 Å². The molecule has 0 radical (unpaired) electrons. The molecular formula is C13H28IN3O. The first-order valence-corrected chi connectivity index (χ1v) is 6.93. The summed E-state index contributed by atoms with van der Waals surface area (Å²) in [6.45, 7) is 4.91. The van der Waals surface area contributed by atoms with Gasteiger partial charge in [0.2, 0.25) is 0 Å². The van der Waals surface area contributed by atoms with Crippen molar-refractivity contribution in [3.8, 4) is 0 Å². The molecule has 0 bridgehead atoms. The van der Waals surface area contributed by atoms with Gasteiger partial charge in [0.1, 0.15) is 0 Å². The van der Waals surface area contributed by atoms with E-state index in [4.69, 9.17) is 4.74 Å². The van der Waals surface area contributed by atoms with Gasteiger partial charge >= 0.3 is 0 Å². The van der Waals surface area contributed by atoms with Gasteiger partial charge in [-0.25, -0.2) is 0 Å². The highest BCUT2D eigenvalue weighted by Crippen LogP contribution is 2.20. The van der Waals surface area contributed by atoms with Gasteiger partial charge in [0.15, 0.2) is 5.96 Å². The number of ether oxygens (including phenoxy) is 1. The minimum absolute atomic E-state index is 0. The lowest BCUT2D eigenvalue weighted by Crippen LogP contribution is -2.38. The van der Waals surface area contributed by atoms with Crippen LogP contribution in [-0.4, -0.2) is 38.8 Å². The molecule has 0 aromatic rings. The third-order valence-electron chi connectivity index (χ3n) is 3.04. The van der Waals surface area contributed by atoms with Gasteiger partial charge in [0, 0.05) is 26.7 Å². The highest BCUT2D eigenvalue weighted by Gasteiger charge is 2.14. The Morgan fingerprint density at radius 2 is 1.89 bits per heavy atom. The average molecular weight is 369 g/mol. The zero-order valence-corrected chi connectivity index (χ0v) is 14.0. The van der Waals surface area contributed by atoms with Crippen molar-refractivity contribution in [1.29, 1.82) is 0 Å². The molecule has 0 atom stereocenters. The van der Waals surface area contributed by atoms with Crippen molar-refractivity contribution in [2.75, 3.05) is 26.7 Å². The summed E-state index contributed by atoms with van der Waals surface area (Å²) in [7, 11) is 1.81. The average Bonchev–Trinajstić information content (AvgIpc) is 2.85. The third kappa shape index (κ3) is 8.13. The Morgan fingerprint density at radius 3 is 2.50 bits per heavy atom. The van der Waals surface area contributed by atoms with Gasteiger partial charge in [-0.1, -0.05) is 19.8 Å². The topological polar surface area (TPSA) is 45.7 Å². The molecule has 1 saturated carbocycles. The van der Waals surface area contributed by atoms with Gasteiger partial charge < -0.3 is 15.4 Å². The smallest absolute Gasteiger partial charge is 0.190 e. The monoisotopic (exact) mass is 369 g/mol. The normalized spacial score (nSPS) is 16.4. The standard InChI is InChI=1S/C13H27N3O.HI/c1-3-9-15-13(14-2)16-10-6-11-17-12-7-4-5-8-12;/h12H,3-11H2,1-2H3,(H2,14,15,16);1H. The number of aliphatic imine (C=N–C) groups is 1. The molecule has 1 aliphatic rings. The zero-order valence-electron chi connectivity index (χ0n) is 11.7. The number of hydrogen-bond acceptors (Lipinski definition) is 2. The van der Waals surface area contributed by atoms with E-state index < -0.39 is 0 Å². The zero-order chi connectivity index (χ0) is 12.3. The van der Waals surface area contributed by atoms with Crippen LogP contribution in [-0.2, 0) is 4.74 Å². The van der Waals surface area contributed by atoms with Gasteiger partial charge in [0.25, 0.3) is 0 Å². The van der Waals surface area contributed by atoms with E-state index in [1.54, 1.807) is 7.05 Å². The molecule has 0 heterocycles. The molecule has 0 aromatic heterocycles. The van der Waals surface area contributed by atoms with Crippen molar-refractivity contribution in [3.63, 3.8) is 0 Å². The summed E-state index contributed by atoms with van der Waals surface area (Å²) >= 11 is 0. The number of nitrogens with one attached hydrogen (secondary N) is 2. The molecular weight excluding hydrogens is 341 g/mol. The molecule has 0 aliphatic heterocycles. The van der Waals surface area contributed by atoms with Crippen molar-refractivity contribution in [1.82, 2.24) is 10.6 Å². The lowest BCUT2D eigenvalue weighted by molar-refractivity contribution is 0.0574. The van der Waals surface area contributed by atoms with Crippen molar-refractivity contribution in [2.24, 2.45) is 4.99 Å². The number of rotatable bonds is 7. The van der Waals surface area contributed by atoms with Crippen LogP contribution < -0.4 is 10.6 Å². The SMILES string of the molecule is CCCNC(=NC)NCCCOC1CCCC1.I. The number of guanidine groups is 1. The lowest BCUT2D eigenvalue weighted by atomic mass is 10.3. The summed E-state index contributed by atoms with van der Waals surface area (Å²) in [6.07, 6.45) is 7.90. The highest BCUT2D eigenvalue weighted by atomic mass is 127. The second-order valence-electron chi connectivity index (χ2n) is 4.56. The molecule has 0 unspecified atom stereocenters. The van der Waals surface area contributed by atoms with E-state index in [-0.39, 0.29) is 24.0 Å². The largest absolute Gasteiger partial charge is 0.378 e. The molecule has 1 rings (SSSR count). The predicted molar refractivity (Wildman–Crippen MR) is 87.9 cm³/mol. The Kier molecular flexibility index (Phi) is 12.0. The number of nitrogens with zero attached hydrogens (tertiary/aromatic N) is 1. The van der Waals surface area contributed by atoms with Gasteiger partial charge in [-0.2, -0.15) is 0 Å². The van der Waals surface area contributed by atoms with Gasteiger partial charge in [0.05, 0.1) is 6.10 Å². The van der Waals surface area contributed by atoms with Crippen molar-refractivity contribution >= 4 is 29.9 Å². The molecule has 4 nitrogen and oxygen atoms in total. The molecule has 0 amide bonds. The van der Waals surface area contributed by atoms with E-state index in [1.165, 1.54) is 25.7 Å². The Bertz CT molecular complexity index is 218. The summed E-state index contributed by atoms with van der Waals surface area (Å²) in [5.74, 6) is 0.896. The van der Waals surface area contributed by atoms with Crippen molar-refractivity contribution < 1.29 is 4.74 Å². The van der Waals surface area contributed by atoms with Crippen LogP contribution >= 0.6 is 24.0 Å².